The lowest BCUT2D eigenvalue weighted by Gasteiger charge is -2.21. The monoisotopic (exact) mass is 317 g/mol. The van der Waals surface area contributed by atoms with E-state index in [1.54, 1.807) is 6.20 Å². The smallest absolute Gasteiger partial charge is 0.319 e. The zero-order chi connectivity index (χ0) is 13.1. The van der Waals surface area contributed by atoms with Crippen LogP contribution in [0.3, 0.4) is 0 Å². The van der Waals surface area contributed by atoms with Gasteiger partial charge in [0.05, 0.1) is 5.03 Å². The molecule has 0 saturated carbocycles. The molecule has 1 aromatic rings. The van der Waals surface area contributed by atoms with Crippen molar-refractivity contribution in [1.29, 1.82) is 0 Å². The molecule has 0 N–H and O–H groups in total. The molecule has 3 nitrogen and oxygen atoms in total. The van der Waals surface area contributed by atoms with Crippen LogP contribution in [0.15, 0.2) is 27.8 Å². The number of esters is 1. The fraction of sp³-hybridized carbons (Fsp3) is 0.500. The van der Waals surface area contributed by atoms with Crippen LogP contribution in [0.2, 0.25) is 0 Å². The molecule has 94 valence electrons. The summed E-state index contributed by atoms with van der Waals surface area (Å²) in [6, 6.07) is 3.77. The van der Waals surface area contributed by atoms with E-state index in [0.717, 1.165) is 9.50 Å². The van der Waals surface area contributed by atoms with E-state index in [2.05, 4.69) is 20.9 Å². The Kier molecular flexibility index (Phi) is 5.01. The van der Waals surface area contributed by atoms with Crippen LogP contribution in [0.25, 0.3) is 0 Å². The topological polar surface area (TPSA) is 39.2 Å². The number of thioether (sulfide) groups is 1. The first-order valence-corrected chi connectivity index (χ1v) is 6.96. The second kappa shape index (κ2) is 5.87. The van der Waals surface area contributed by atoms with Crippen LogP contribution < -0.4 is 0 Å². The van der Waals surface area contributed by atoms with Crippen molar-refractivity contribution in [3.05, 3.63) is 22.8 Å². The Labute approximate surface area is 114 Å². The predicted molar refractivity (Wildman–Crippen MR) is 73.1 cm³/mol. The quantitative estimate of drug-likeness (QED) is 0.630. The number of halogens is 1. The summed E-state index contributed by atoms with van der Waals surface area (Å²) in [5, 5.41) is 0.550. The highest BCUT2D eigenvalue weighted by molar-refractivity contribution is 9.10. The van der Waals surface area contributed by atoms with Gasteiger partial charge in [0.15, 0.2) is 0 Å². The Bertz CT molecular complexity index is 386. The summed E-state index contributed by atoms with van der Waals surface area (Å²) in [6.07, 6.45) is 1.71. The Morgan fingerprint density at radius 1 is 1.47 bits per heavy atom. The fourth-order valence-corrected chi connectivity index (χ4v) is 2.05. The minimum Gasteiger partial charge on any atom is -0.459 e. The van der Waals surface area contributed by atoms with E-state index in [0.29, 0.717) is 0 Å². The first-order valence-electron chi connectivity index (χ1n) is 5.29. The van der Waals surface area contributed by atoms with Gasteiger partial charge in [-0.1, -0.05) is 11.8 Å². The first-order chi connectivity index (χ1) is 7.78. The van der Waals surface area contributed by atoms with Gasteiger partial charge in [-0.05, 0) is 55.8 Å². The van der Waals surface area contributed by atoms with Gasteiger partial charge in [0.1, 0.15) is 10.9 Å². The number of aromatic nitrogens is 1. The lowest BCUT2D eigenvalue weighted by atomic mass is 10.2. The Morgan fingerprint density at radius 3 is 2.59 bits per heavy atom. The molecule has 0 amide bonds. The molecule has 17 heavy (non-hydrogen) atoms. The highest BCUT2D eigenvalue weighted by Gasteiger charge is 2.22. The SMILES string of the molecule is CC(Sc1ccc(Br)cn1)C(=O)OC(C)(C)C. The van der Waals surface area contributed by atoms with Crippen LogP contribution in [0.1, 0.15) is 27.7 Å². The second-order valence-electron chi connectivity index (χ2n) is 4.61. The average molecular weight is 318 g/mol. The van der Waals surface area contributed by atoms with Gasteiger partial charge in [0, 0.05) is 10.7 Å². The highest BCUT2D eigenvalue weighted by Crippen LogP contribution is 2.24. The van der Waals surface area contributed by atoms with E-state index in [-0.39, 0.29) is 11.2 Å². The van der Waals surface area contributed by atoms with Crippen molar-refractivity contribution in [2.24, 2.45) is 0 Å². The second-order valence-corrected chi connectivity index (χ2v) is 6.88. The van der Waals surface area contributed by atoms with E-state index >= 15 is 0 Å². The third kappa shape index (κ3) is 5.55. The Morgan fingerprint density at radius 2 is 2.12 bits per heavy atom. The number of pyridine rings is 1. The molecule has 0 saturated heterocycles. The van der Waals surface area contributed by atoms with Crippen molar-refractivity contribution in [2.75, 3.05) is 0 Å². The molecule has 1 aromatic heterocycles. The van der Waals surface area contributed by atoms with Crippen molar-refractivity contribution in [3.63, 3.8) is 0 Å². The minimum atomic E-state index is -0.445. The Hall–Kier alpha value is -0.550. The van der Waals surface area contributed by atoms with Gasteiger partial charge >= 0.3 is 5.97 Å². The molecule has 1 rings (SSSR count). The van der Waals surface area contributed by atoms with E-state index in [9.17, 15) is 4.79 Å². The van der Waals surface area contributed by atoms with Crippen LogP contribution in [-0.4, -0.2) is 21.8 Å². The van der Waals surface area contributed by atoms with Crippen molar-refractivity contribution in [2.45, 2.75) is 43.6 Å². The van der Waals surface area contributed by atoms with Crippen LogP contribution in [-0.2, 0) is 9.53 Å². The van der Waals surface area contributed by atoms with Crippen molar-refractivity contribution in [3.8, 4) is 0 Å². The number of nitrogens with zero attached hydrogens (tertiary/aromatic N) is 1. The molecule has 0 aliphatic rings. The maximum absolute atomic E-state index is 11.7. The first kappa shape index (κ1) is 14.5. The summed E-state index contributed by atoms with van der Waals surface area (Å²) in [6.45, 7) is 7.41. The number of ether oxygens (including phenoxy) is 1. The lowest BCUT2D eigenvalue weighted by Crippen LogP contribution is -2.28. The predicted octanol–water partition coefficient (Wildman–Crippen LogP) is 3.67. The largest absolute Gasteiger partial charge is 0.459 e. The Balaban J connectivity index is 2.57. The molecule has 5 heteroatoms. The summed E-state index contributed by atoms with van der Waals surface area (Å²) in [7, 11) is 0. The number of hydrogen-bond acceptors (Lipinski definition) is 4. The van der Waals surface area contributed by atoms with Crippen molar-refractivity contribution in [1.82, 2.24) is 4.98 Å². The van der Waals surface area contributed by atoms with Gasteiger partial charge in [0.25, 0.3) is 0 Å². The van der Waals surface area contributed by atoms with Crippen molar-refractivity contribution >= 4 is 33.7 Å². The zero-order valence-electron chi connectivity index (χ0n) is 10.4. The van der Waals surface area contributed by atoms with E-state index in [1.807, 2.05) is 39.8 Å². The standard InChI is InChI=1S/C12H16BrNO2S/c1-8(11(15)16-12(2,3)4)17-10-6-5-9(13)7-14-10/h5-8H,1-4H3. The maximum Gasteiger partial charge on any atom is 0.319 e. The highest BCUT2D eigenvalue weighted by atomic mass is 79.9. The molecule has 1 unspecified atom stereocenters. The number of carbonyl (C=O) groups is 1. The van der Waals surface area contributed by atoms with E-state index in [1.165, 1.54) is 11.8 Å². The van der Waals surface area contributed by atoms with Gasteiger partial charge in [-0.25, -0.2) is 4.98 Å². The van der Waals surface area contributed by atoms with Gasteiger partial charge in [-0.15, -0.1) is 0 Å². The average Bonchev–Trinajstić information content (AvgIpc) is 2.19. The van der Waals surface area contributed by atoms with Gasteiger partial charge < -0.3 is 4.74 Å². The van der Waals surface area contributed by atoms with Crippen LogP contribution >= 0.6 is 27.7 Å². The number of rotatable bonds is 3. The van der Waals surface area contributed by atoms with E-state index in [4.69, 9.17) is 4.74 Å². The molecule has 1 heterocycles. The van der Waals surface area contributed by atoms with Gasteiger partial charge in [0.2, 0.25) is 0 Å². The number of hydrogen-bond donors (Lipinski definition) is 0. The minimum absolute atomic E-state index is 0.216. The summed E-state index contributed by atoms with van der Waals surface area (Å²) in [4.78, 5) is 16.0. The third-order valence-corrected chi connectivity index (χ3v) is 3.23. The summed E-state index contributed by atoms with van der Waals surface area (Å²) in [5.41, 5.74) is -0.445. The molecular weight excluding hydrogens is 302 g/mol. The molecule has 0 radical (unpaired) electrons. The summed E-state index contributed by atoms with van der Waals surface area (Å²) in [5.74, 6) is -0.216. The van der Waals surface area contributed by atoms with Gasteiger partial charge in [-0.2, -0.15) is 0 Å². The van der Waals surface area contributed by atoms with Crippen LogP contribution in [0.5, 0.6) is 0 Å². The molecule has 0 bridgehead atoms. The molecule has 0 aromatic carbocycles. The molecular formula is C12H16BrNO2S. The molecule has 0 fully saturated rings. The van der Waals surface area contributed by atoms with Crippen molar-refractivity contribution < 1.29 is 9.53 Å². The van der Waals surface area contributed by atoms with E-state index < -0.39 is 5.60 Å². The summed E-state index contributed by atoms with van der Waals surface area (Å²) < 4.78 is 6.22. The van der Waals surface area contributed by atoms with Crippen LogP contribution in [0, 0.1) is 0 Å². The summed E-state index contributed by atoms with van der Waals surface area (Å²) >= 11 is 4.71. The maximum atomic E-state index is 11.7. The molecule has 0 aliphatic heterocycles. The molecule has 0 spiro atoms. The molecule has 1 atom stereocenters. The van der Waals surface area contributed by atoms with Gasteiger partial charge in [-0.3, -0.25) is 4.79 Å². The van der Waals surface area contributed by atoms with Crippen LogP contribution in [0.4, 0.5) is 0 Å². The normalized spacial score (nSPS) is 13.2. The number of carbonyl (C=O) groups excluding carboxylic acids is 1. The third-order valence-electron chi connectivity index (χ3n) is 1.74. The zero-order valence-corrected chi connectivity index (χ0v) is 12.8. The fourth-order valence-electron chi connectivity index (χ4n) is 1.05. The molecule has 0 aliphatic carbocycles. The lowest BCUT2D eigenvalue weighted by molar-refractivity contribution is -0.153.